The van der Waals surface area contributed by atoms with Crippen molar-refractivity contribution in [1.82, 2.24) is 14.8 Å². The number of aromatic nitrogens is 3. The zero-order valence-corrected chi connectivity index (χ0v) is 12.6. The molecular weight excluding hydrogens is 268 g/mol. The van der Waals surface area contributed by atoms with Crippen molar-refractivity contribution in [2.45, 2.75) is 32.7 Å². The van der Waals surface area contributed by atoms with Crippen LogP contribution < -0.4 is 4.90 Å². The number of carboxylic acid groups (broad SMARTS) is 1. The summed E-state index contributed by atoms with van der Waals surface area (Å²) in [6.45, 7) is 5.26. The molecule has 1 N–H and O–H groups in total. The lowest BCUT2D eigenvalue weighted by molar-refractivity contribution is 0.0697. The van der Waals surface area contributed by atoms with Crippen LogP contribution in [0.5, 0.6) is 0 Å². The molecule has 21 heavy (non-hydrogen) atoms. The van der Waals surface area contributed by atoms with Gasteiger partial charge in [-0.2, -0.15) is 5.10 Å². The third-order valence-electron chi connectivity index (χ3n) is 4.32. The Hall–Kier alpha value is -2.11. The summed E-state index contributed by atoms with van der Waals surface area (Å²) in [5.41, 5.74) is 1.77. The molecule has 1 atom stereocenters. The van der Waals surface area contributed by atoms with Gasteiger partial charge in [-0.15, -0.1) is 0 Å². The number of pyridine rings is 1. The quantitative estimate of drug-likeness (QED) is 0.938. The lowest BCUT2D eigenvalue weighted by Gasteiger charge is -2.31. The Labute approximate surface area is 123 Å². The molecule has 0 spiro atoms. The molecular formula is C15H20N4O2. The smallest absolute Gasteiger partial charge is 0.339 e. The number of aromatic carboxylic acids is 1. The summed E-state index contributed by atoms with van der Waals surface area (Å²) in [5, 5.41) is 14.6. The van der Waals surface area contributed by atoms with Crippen molar-refractivity contribution >= 4 is 22.7 Å². The Balaban J connectivity index is 2.23. The number of carboxylic acids is 1. The molecule has 0 radical (unpaired) electrons. The van der Waals surface area contributed by atoms with Gasteiger partial charge in [0.05, 0.1) is 17.3 Å². The van der Waals surface area contributed by atoms with Gasteiger partial charge < -0.3 is 10.0 Å². The predicted molar refractivity (Wildman–Crippen MR) is 80.7 cm³/mol. The minimum atomic E-state index is -0.933. The lowest BCUT2D eigenvalue weighted by Crippen LogP contribution is -2.34. The predicted octanol–water partition coefficient (Wildman–Crippen LogP) is 2.29. The topological polar surface area (TPSA) is 71.2 Å². The van der Waals surface area contributed by atoms with Crippen LogP contribution in [-0.4, -0.2) is 38.4 Å². The van der Waals surface area contributed by atoms with E-state index in [9.17, 15) is 9.90 Å². The first-order valence-corrected chi connectivity index (χ1v) is 7.31. The van der Waals surface area contributed by atoms with E-state index in [-0.39, 0.29) is 5.56 Å². The normalized spacial score (nSPS) is 18.9. The number of hydrogen-bond acceptors (Lipinski definition) is 4. The Morgan fingerprint density at radius 3 is 2.86 bits per heavy atom. The molecule has 0 aliphatic carbocycles. The van der Waals surface area contributed by atoms with Crippen molar-refractivity contribution in [3.05, 3.63) is 18.0 Å². The highest BCUT2D eigenvalue weighted by Gasteiger charge is 2.32. The molecule has 1 saturated heterocycles. The maximum Gasteiger partial charge on any atom is 0.339 e. The molecule has 6 heteroatoms. The van der Waals surface area contributed by atoms with Crippen LogP contribution in [-0.2, 0) is 7.05 Å². The molecule has 3 rings (SSSR count). The van der Waals surface area contributed by atoms with E-state index in [0.29, 0.717) is 12.0 Å². The highest BCUT2D eigenvalue weighted by Crippen LogP contribution is 2.36. The summed E-state index contributed by atoms with van der Waals surface area (Å²) >= 11 is 0. The van der Waals surface area contributed by atoms with Crippen molar-refractivity contribution in [3.63, 3.8) is 0 Å². The number of fused-ring (bicyclic) bond motifs is 1. The summed E-state index contributed by atoms with van der Waals surface area (Å²) in [5.74, 6) is -0.452. The van der Waals surface area contributed by atoms with E-state index in [1.165, 1.54) is 6.20 Å². The summed E-state index contributed by atoms with van der Waals surface area (Å²) in [6, 6.07) is 0.369. The van der Waals surface area contributed by atoms with Gasteiger partial charge in [0, 0.05) is 25.8 Å². The van der Waals surface area contributed by atoms with E-state index >= 15 is 0 Å². The number of aryl methyl sites for hydroxylation is 1. The van der Waals surface area contributed by atoms with Gasteiger partial charge in [0.1, 0.15) is 5.56 Å². The van der Waals surface area contributed by atoms with Gasteiger partial charge in [-0.3, -0.25) is 4.68 Å². The molecule has 0 amide bonds. The average Bonchev–Trinajstić information content (AvgIpc) is 3.05. The Bertz CT molecular complexity index is 692. The van der Waals surface area contributed by atoms with E-state index < -0.39 is 5.97 Å². The Kier molecular flexibility index (Phi) is 3.31. The molecule has 0 saturated carbocycles. The summed E-state index contributed by atoms with van der Waals surface area (Å²) < 4.78 is 1.69. The van der Waals surface area contributed by atoms with Crippen LogP contribution in [0.3, 0.4) is 0 Å². The first-order chi connectivity index (χ1) is 10.0. The van der Waals surface area contributed by atoms with E-state index in [0.717, 1.165) is 36.1 Å². The molecule has 1 aliphatic rings. The zero-order chi connectivity index (χ0) is 15.1. The van der Waals surface area contributed by atoms with Crippen LogP contribution in [0.4, 0.5) is 5.69 Å². The maximum atomic E-state index is 11.6. The highest BCUT2D eigenvalue weighted by atomic mass is 16.4. The van der Waals surface area contributed by atoms with Gasteiger partial charge >= 0.3 is 5.97 Å². The fourth-order valence-corrected chi connectivity index (χ4v) is 3.31. The number of anilines is 1. The highest BCUT2D eigenvalue weighted by molar-refractivity contribution is 6.03. The minimum Gasteiger partial charge on any atom is -0.478 e. The first kappa shape index (κ1) is 13.9. The van der Waals surface area contributed by atoms with Gasteiger partial charge in [0.2, 0.25) is 0 Å². The molecule has 0 bridgehead atoms. The maximum absolute atomic E-state index is 11.6. The van der Waals surface area contributed by atoms with Crippen molar-refractivity contribution in [2.75, 3.05) is 11.4 Å². The molecule has 0 aromatic carbocycles. The van der Waals surface area contributed by atoms with Crippen molar-refractivity contribution in [3.8, 4) is 0 Å². The van der Waals surface area contributed by atoms with Crippen LogP contribution in [0.25, 0.3) is 11.0 Å². The molecule has 2 aromatic rings. The fraction of sp³-hybridized carbons (Fsp3) is 0.533. The van der Waals surface area contributed by atoms with E-state index in [1.807, 2.05) is 7.05 Å². The van der Waals surface area contributed by atoms with Gasteiger partial charge in [-0.25, -0.2) is 9.78 Å². The standard InChI is InChI=1S/C15H20N4O2/c1-9(2)12-5-4-6-19(12)13-10-8-17-18(3)14(10)16-7-11(13)15(20)21/h7-9,12H,4-6H2,1-3H3,(H,20,21). The number of rotatable bonds is 3. The van der Waals surface area contributed by atoms with Gasteiger partial charge in [-0.1, -0.05) is 13.8 Å². The van der Waals surface area contributed by atoms with Crippen LogP contribution in [0.15, 0.2) is 12.4 Å². The van der Waals surface area contributed by atoms with Crippen LogP contribution >= 0.6 is 0 Å². The third kappa shape index (κ3) is 2.14. The largest absolute Gasteiger partial charge is 0.478 e. The van der Waals surface area contributed by atoms with Crippen molar-refractivity contribution in [1.29, 1.82) is 0 Å². The lowest BCUT2D eigenvalue weighted by atomic mass is 10.0. The molecule has 1 aliphatic heterocycles. The summed E-state index contributed by atoms with van der Waals surface area (Å²) in [6.07, 6.45) is 5.37. The number of carbonyl (C=O) groups is 1. The summed E-state index contributed by atoms with van der Waals surface area (Å²) in [4.78, 5) is 18.1. The van der Waals surface area contributed by atoms with Crippen LogP contribution in [0.1, 0.15) is 37.0 Å². The number of hydrogen-bond donors (Lipinski definition) is 1. The second-order valence-corrected chi connectivity index (χ2v) is 5.98. The number of nitrogens with zero attached hydrogens (tertiary/aromatic N) is 4. The Morgan fingerprint density at radius 1 is 1.43 bits per heavy atom. The zero-order valence-electron chi connectivity index (χ0n) is 12.6. The molecule has 6 nitrogen and oxygen atoms in total. The van der Waals surface area contributed by atoms with E-state index in [4.69, 9.17) is 0 Å². The van der Waals surface area contributed by atoms with E-state index in [2.05, 4.69) is 28.8 Å². The first-order valence-electron chi connectivity index (χ1n) is 7.31. The molecule has 3 heterocycles. The second kappa shape index (κ2) is 5.02. The monoisotopic (exact) mass is 288 g/mol. The van der Waals surface area contributed by atoms with Crippen molar-refractivity contribution in [2.24, 2.45) is 13.0 Å². The van der Waals surface area contributed by atoms with Crippen LogP contribution in [0, 0.1) is 5.92 Å². The molecule has 2 aromatic heterocycles. The van der Waals surface area contributed by atoms with E-state index in [1.54, 1.807) is 10.9 Å². The van der Waals surface area contributed by atoms with Gasteiger partial charge in [0.25, 0.3) is 0 Å². The third-order valence-corrected chi connectivity index (χ3v) is 4.32. The molecule has 1 fully saturated rings. The minimum absolute atomic E-state index is 0.267. The fourth-order valence-electron chi connectivity index (χ4n) is 3.31. The van der Waals surface area contributed by atoms with Gasteiger partial charge in [-0.05, 0) is 18.8 Å². The summed E-state index contributed by atoms with van der Waals surface area (Å²) in [7, 11) is 1.82. The van der Waals surface area contributed by atoms with Crippen LogP contribution in [0.2, 0.25) is 0 Å². The molecule has 112 valence electrons. The second-order valence-electron chi connectivity index (χ2n) is 5.98. The molecule has 1 unspecified atom stereocenters. The average molecular weight is 288 g/mol. The van der Waals surface area contributed by atoms with Crippen molar-refractivity contribution < 1.29 is 9.90 Å². The Morgan fingerprint density at radius 2 is 2.19 bits per heavy atom. The van der Waals surface area contributed by atoms with Gasteiger partial charge in [0.15, 0.2) is 5.65 Å². The SMILES string of the molecule is CC(C)C1CCCN1c1c(C(=O)O)cnc2c1cnn2C.